The number of fused-ring (bicyclic) bond motifs is 1. The topological polar surface area (TPSA) is 76.7 Å². The number of H-pyrrole nitrogens is 1. The Bertz CT molecular complexity index is 736. The molecule has 0 saturated heterocycles. The number of rotatable bonds is 1. The fourth-order valence-corrected chi connectivity index (χ4v) is 1.95. The summed E-state index contributed by atoms with van der Waals surface area (Å²) in [6.45, 7) is 0. The highest BCUT2D eigenvalue weighted by molar-refractivity contribution is 5.90. The number of aromatic amines is 1. The lowest BCUT2D eigenvalue weighted by molar-refractivity contribution is 0.993. The molecular weight excluding hydrogens is 216 g/mol. The number of benzene rings is 2. The molecule has 0 unspecified atom stereocenters. The standard InChI is InChI=1S/C12H10N4O/c13-11-14-15-12(17)16(11)10-7-3-5-8-4-1-2-6-9(8)10/h1-7H,(H2,13,14)(H,15,17). The van der Waals surface area contributed by atoms with Crippen LogP contribution in [0.4, 0.5) is 5.95 Å². The summed E-state index contributed by atoms with van der Waals surface area (Å²) >= 11 is 0. The van der Waals surface area contributed by atoms with E-state index in [-0.39, 0.29) is 11.6 Å². The molecule has 0 atom stereocenters. The van der Waals surface area contributed by atoms with Crippen molar-refractivity contribution in [3.63, 3.8) is 0 Å². The summed E-state index contributed by atoms with van der Waals surface area (Å²) in [6, 6.07) is 13.5. The third-order valence-electron chi connectivity index (χ3n) is 2.71. The van der Waals surface area contributed by atoms with Crippen molar-refractivity contribution in [2.24, 2.45) is 0 Å². The van der Waals surface area contributed by atoms with Gasteiger partial charge in [0.2, 0.25) is 5.95 Å². The Morgan fingerprint density at radius 1 is 1.12 bits per heavy atom. The first-order chi connectivity index (χ1) is 8.27. The van der Waals surface area contributed by atoms with E-state index in [4.69, 9.17) is 5.73 Å². The van der Waals surface area contributed by atoms with Crippen LogP contribution in [0.25, 0.3) is 16.5 Å². The maximum absolute atomic E-state index is 11.6. The SMILES string of the molecule is Nc1n[nH]c(=O)n1-c1cccc2ccccc12. The molecule has 0 aliphatic heterocycles. The van der Waals surface area contributed by atoms with E-state index in [1.165, 1.54) is 4.57 Å². The van der Waals surface area contributed by atoms with E-state index >= 15 is 0 Å². The second-order valence-corrected chi connectivity index (χ2v) is 3.72. The van der Waals surface area contributed by atoms with Crippen LogP contribution in [0, 0.1) is 0 Å². The molecule has 0 fully saturated rings. The van der Waals surface area contributed by atoms with Crippen LogP contribution >= 0.6 is 0 Å². The lowest BCUT2D eigenvalue weighted by Gasteiger charge is -2.06. The van der Waals surface area contributed by atoms with Crippen molar-refractivity contribution in [2.75, 3.05) is 5.73 Å². The van der Waals surface area contributed by atoms with Crippen molar-refractivity contribution in [1.29, 1.82) is 0 Å². The van der Waals surface area contributed by atoms with Crippen LogP contribution in [0.1, 0.15) is 0 Å². The van der Waals surface area contributed by atoms with Gasteiger partial charge in [0.15, 0.2) is 0 Å². The van der Waals surface area contributed by atoms with Gasteiger partial charge in [0, 0.05) is 5.39 Å². The molecule has 1 heterocycles. The van der Waals surface area contributed by atoms with E-state index in [0.717, 1.165) is 16.5 Å². The Kier molecular flexibility index (Phi) is 1.98. The Morgan fingerprint density at radius 2 is 1.88 bits per heavy atom. The molecule has 0 aliphatic rings. The van der Waals surface area contributed by atoms with E-state index in [9.17, 15) is 4.79 Å². The summed E-state index contributed by atoms with van der Waals surface area (Å²) in [5, 5.41) is 8.05. The molecule has 84 valence electrons. The number of aromatic nitrogens is 3. The summed E-state index contributed by atoms with van der Waals surface area (Å²) < 4.78 is 1.36. The third kappa shape index (κ3) is 1.40. The predicted molar refractivity (Wildman–Crippen MR) is 66.1 cm³/mol. The molecule has 0 radical (unpaired) electrons. The van der Waals surface area contributed by atoms with Crippen molar-refractivity contribution >= 4 is 16.7 Å². The molecule has 0 amide bonds. The van der Waals surface area contributed by atoms with E-state index in [1.807, 2.05) is 42.5 Å². The highest BCUT2D eigenvalue weighted by Crippen LogP contribution is 2.21. The largest absolute Gasteiger partial charge is 0.368 e. The molecule has 5 heteroatoms. The average Bonchev–Trinajstić information content (AvgIpc) is 2.69. The first-order valence-electron chi connectivity index (χ1n) is 5.18. The van der Waals surface area contributed by atoms with Gasteiger partial charge in [-0.25, -0.2) is 14.5 Å². The smallest absolute Gasteiger partial charge is 0.349 e. The Balaban J connectivity index is 2.43. The van der Waals surface area contributed by atoms with Crippen molar-refractivity contribution in [3.8, 4) is 5.69 Å². The molecule has 0 bridgehead atoms. The summed E-state index contributed by atoms with van der Waals surface area (Å²) in [7, 11) is 0. The molecule has 2 aromatic carbocycles. The summed E-state index contributed by atoms with van der Waals surface area (Å²) in [6.07, 6.45) is 0. The van der Waals surface area contributed by atoms with Crippen LogP contribution in [0.3, 0.4) is 0 Å². The number of anilines is 1. The average molecular weight is 226 g/mol. The zero-order chi connectivity index (χ0) is 11.8. The number of nitrogens with two attached hydrogens (primary N) is 1. The number of nitrogen functional groups attached to an aromatic ring is 1. The van der Waals surface area contributed by atoms with Crippen molar-refractivity contribution in [1.82, 2.24) is 14.8 Å². The lowest BCUT2D eigenvalue weighted by Crippen LogP contribution is -2.16. The van der Waals surface area contributed by atoms with Gasteiger partial charge in [-0.1, -0.05) is 36.4 Å². The molecule has 17 heavy (non-hydrogen) atoms. The maximum atomic E-state index is 11.6. The first-order valence-corrected chi connectivity index (χ1v) is 5.18. The zero-order valence-corrected chi connectivity index (χ0v) is 8.92. The minimum Gasteiger partial charge on any atom is -0.368 e. The van der Waals surface area contributed by atoms with Gasteiger partial charge in [0.05, 0.1) is 5.69 Å². The van der Waals surface area contributed by atoms with Gasteiger partial charge in [0.25, 0.3) is 0 Å². The lowest BCUT2D eigenvalue weighted by atomic mass is 10.1. The molecular formula is C12H10N4O. The highest BCUT2D eigenvalue weighted by atomic mass is 16.1. The quantitative estimate of drug-likeness (QED) is 0.656. The van der Waals surface area contributed by atoms with Crippen LogP contribution in [-0.4, -0.2) is 14.8 Å². The molecule has 3 rings (SSSR count). The van der Waals surface area contributed by atoms with Crippen LogP contribution < -0.4 is 11.4 Å². The van der Waals surface area contributed by atoms with E-state index < -0.39 is 0 Å². The monoisotopic (exact) mass is 226 g/mol. The summed E-state index contributed by atoms with van der Waals surface area (Å²) in [4.78, 5) is 11.6. The third-order valence-corrected chi connectivity index (χ3v) is 2.71. The second kappa shape index (κ2) is 3.48. The minimum absolute atomic E-state index is 0.159. The van der Waals surface area contributed by atoms with Gasteiger partial charge >= 0.3 is 5.69 Å². The first kappa shape index (κ1) is 9.65. The Labute approximate surface area is 96.5 Å². The van der Waals surface area contributed by atoms with Crippen molar-refractivity contribution < 1.29 is 0 Å². The number of nitrogens with one attached hydrogen (secondary N) is 1. The minimum atomic E-state index is -0.334. The fraction of sp³-hybridized carbons (Fsp3) is 0. The van der Waals surface area contributed by atoms with Gasteiger partial charge < -0.3 is 5.73 Å². The predicted octanol–water partition coefficient (Wildman–Crippen LogP) is 1.30. The van der Waals surface area contributed by atoms with E-state index in [0.29, 0.717) is 0 Å². The van der Waals surface area contributed by atoms with Crippen LogP contribution in [0.2, 0.25) is 0 Å². The van der Waals surface area contributed by atoms with Crippen LogP contribution in [0.5, 0.6) is 0 Å². The van der Waals surface area contributed by atoms with Crippen molar-refractivity contribution in [2.45, 2.75) is 0 Å². The van der Waals surface area contributed by atoms with Gasteiger partial charge in [-0.3, -0.25) is 0 Å². The molecule has 0 aliphatic carbocycles. The van der Waals surface area contributed by atoms with Gasteiger partial charge in [-0.05, 0) is 11.5 Å². The summed E-state index contributed by atoms with van der Waals surface area (Å²) in [5.74, 6) is 0.159. The highest BCUT2D eigenvalue weighted by Gasteiger charge is 2.09. The fourth-order valence-electron chi connectivity index (χ4n) is 1.95. The van der Waals surface area contributed by atoms with Crippen LogP contribution in [-0.2, 0) is 0 Å². The Morgan fingerprint density at radius 3 is 2.65 bits per heavy atom. The molecule has 1 aromatic heterocycles. The van der Waals surface area contributed by atoms with Gasteiger partial charge in [0.1, 0.15) is 0 Å². The molecule has 3 N–H and O–H groups in total. The van der Waals surface area contributed by atoms with Crippen molar-refractivity contribution in [3.05, 3.63) is 52.9 Å². The maximum Gasteiger partial charge on any atom is 0.349 e. The zero-order valence-electron chi connectivity index (χ0n) is 8.92. The molecule has 0 saturated carbocycles. The van der Waals surface area contributed by atoms with Gasteiger partial charge in [-0.15, -0.1) is 5.10 Å². The Hall–Kier alpha value is -2.56. The van der Waals surface area contributed by atoms with Crippen LogP contribution in [0.15, 0.2) is 47.3 Å². The number of hydrogen-bond donors (Lipinski definition) is 2. The molecule has 3 aromatic rings. The van der Waals surface area contributed by atoms with E-state index in [2.05, 4.69) is 10.2 Å². The summed E-state index contributed by atoms with van der Waals surface area (Å²) in [5.41, 5.74) is 6.09. The van der Waals surface area contributed by atoms with E-state index in [1.54, 1.807) is 0 Å². The number of hydrogen-bond acceptors (Lipinski definition) is 3. The number of nitrogens with zero attached hydrogens (tertiary/aromatic N) is 2. The normalized spacial score (nSPS) is 10.8. The molecule has 0 spiro atoms. The van der Waals surface area contributed by atoms with Gasteiger partial charge in [-0.2, -0.15) is 0 Å². The molecule has 5 nitrogen and oxygen atoms in total. The second-order valence-electron chi connectivity index (χ2n) is 3.72.